The van der Waals surface area contributed by atoms with Crippen LogP contribution in [0.5, 0.6) is 5.75 Å². The van der Waals surface area contributed by atoms with E-state index in [1.165, 1.54) is 33.2 Å². The SMILES string of the molecule is CNS(=O)(=O)c1cc(C(=O)O[C@@H](C)C(=O)NC(C)C)ccc1OC. The number of esters is 1. The molecule has 134 valence electrons. The maximum absolute atomic E-state index is 12.2. The minimum atomic E-state index is -3.82. The molecule has 9 heteroatoms. The molecule has 1 aromatic carbocycles. The number of methoxy groups -OCH3 is 1. The largest absolute Gasteiger partial charge is 0.495 e. The van der Waals surface area contributed by atoms with Gasteiger partial charge >= 0.3 is 5.97 Å². The van der Waals surface area contributed by atoms with Crippen LogP contribution in [-0.4, -0.2) is 46.6 Å². The number of nitrogens with one attached hydrogen (secondary N) is 2. The van der Waals surface area contributed by atoms with Crippen LogP contribution in [0.2, 0.25) is 0 Å². The first-order valence-corrected chi connectivity index (χ1v) is 8.73. The summed E-state index contributed by atoms with van der Waals surface area (Å²) in [6, 6.07) is 3.76. The monoisotopic (exact) mass is 358 g/mol. The van der Waals surface area contributed by atoms with Crippen LogP contribution in [0.4, 0.5) is 0 Å². The molecule has 0 radical (unpaired) electrons. The van der Waals surface area contributed by atoms with E-state index in [9.17, 15) is 18.0 Å². The number of benzene rings is 1. The normalized spacial score (nSPS) is 12.6. The molecule has 0 aromatic heterocycles. The minimum absolute atomic E-state index is 0.00572. The second-order valence-corrected chi connectivity index (χ2v) is 7.14. The molecule has 0 fully saturated rings. The number of ether oxygens (including phenoxy) is 2. The summed E-state index contributed by atoms with van der Waals surface area (Å²) < 4.78 is 36.2. The molecule has 1 aromatic rings. The van der Waals surface area contributed by atoms with Crippen molar-refractivity contribution in [3.05, 3.63) is 23.8 Å². The fraction of sp³-hybridized carbons (Fsp3) is 0.467. The Labute approximate surface area is 141 Å². The first kappa shape index (κ1) is 19.9. The molecule has 0 saturated heterocycles. The van der Waals surface area contributed by atoms with Crippen molar-refractivity contribution in [2.24, 2.45) is 0 Å². The molecule has 0 spiro atoms. The van der Waals surface area contributed by atoms with Gasteiger partial charge in [-0.1, -0.05) is 0 Å². The summed E-state index contributed by atoms with van der Waals surface area (Å²) in [4.78, 5) is 23.7. The fourth-order valence-corrected chi connectivity index (χ4v) is 2.73. The maximum Gasteiger partial charge on any atom is 0.338 e. The molecule has 2 N–H and O–H groups in total. The maximum atomic E-state index is 12.2. The van der Waals surface area contributed by atoms with E-state index in [1.807, 2.05) is 0 Å². The van der Waals surface area contributed by atoms with Gasteiger partial charge in [-0.2, -0.15) is 0 Å². The number of hydrogen-bond donors (Lipinski definition) is 2. The molecule has 0 heterocycles. The number of hydrogen-bond acceptors (Lipinski definition) is 6. The number of carbonyl (C=O) groups is 2. The van der Waals surface area contributed by atoms with Crippen LogP contribution in [0.15, 0.2) is 23.1 Å². The van der Waals surface area contributed by atoms with Gasteiger partial charge in [0, 0.05) is 6.04 Å². The van der Waals surface area contributed by atoms with E-state index < -0.39 is 28.0 Å². The van der Waals surface area contributed by atoms with Crippen LogP contribution < -0.4 is 14.8 Å². The molecule has 8 nitrogen and oxygen atoms in total. The van der Waals surface area contributed by atoms with Crippen molar-refractivity contribution in [3.8, 4) is 5.75 Å². The average molecular weight is 358 g/mol. The van der Waals surface area contributed by atoms with Gasteiger partial charge in [0.25, 0.3) is 5.91 Å². The Morgan fingerprint density at radius 2 is 1.79 bits per heavy atom. The quantitative estimate of drug-likeness (QED) is 0.693. The summed E-state index contributed by atoms with van der Waals surface area (Å²) in [5.74, 6) is -1.15. The summed E-state index contributed by atoms with van der Waals surface area (Å²) in [6.07, 6.45) is -1.01. The second-order valence-electron chi connectivity index (χ2n) is 5.28. The third-order valence-electron chi connectivity index (χ3n) is 3.04. The third-order valence-corrected chi connectivity index (χ3v) is 4.48. The molecule has 24 heavy (non-hydrogen) atoms. The highest BCUT2D eigenvalue weighted by Crippen LogP contribution is 2.25. The fourth-order valence-electron chi connectivity index (χ4n) is 1.81. The zero-order valence-electron chi connectivity index (χ0n) is 14.2. The number of carbonyl (C=O) groups excluding carboxylic acids is 2. The lowest BCUT2D eigenvalue weighted by Gasteiger charge is -2.16. The van der Waals surface area contributed by atoms with Gasteiger partial charge in [0.1, 0.15) is 10.6 Å². The molecule has 0 saturated carbocycles. The van der Waals surface area contributed by atoms with Gasteiger partial charge in [0.15, 0.2) is 6.10 Å². The van der Waals surface area contributed by atoms with E-state index in [1.54, 1.807) is 13.8 Å². The topological polar surface area (TPSA) is 111 Å². The Morgan fingerprint density at radius 1 is 1.17 bits per heavy atom. The molecule has 1 amide bonds. The molecule has 0 bridgehead atoms. The van der Waals surface area contributed by atoms with Gasteiger partial charge in [-0.05, 0) is 46.0 Å². The Bertz CT molecular complexity index is 715. The van der Waals surface area contributed by atoms with Crippen LogP contribution in [-0.2, 0) is 19.6 Å². The average Bonchev–Trinajstić information content (AvgIpc) is 2.53. The van der Waals surface area contributed by atoms with E-state index in [0.29, 0.717) is 0 Å². The van der Waals surface area contributed by atoms with Gasteiger partial charge in [0.05, 0.1) is 12.7 Å². The molecule has 0 aliphatic carbocycles. The summed E-state index contributed by atoms with van der Waals surface area (Å²) in [6.45, 7) is 5.00. The molecular formula is C15H22N2O6S. The summed E-state index contributed by atoms with van der Waals surface area (Å²) >= 11 is 0. The van der Waals surface area contributed by atoms with Gasteiger partial charge in [-0.3, -0.25) is 4.79 Å². The summed E-state index contributed by atoms with van der Waals surface area (Å²) in [7, 11) is -1.25. The highest BCUT2D eigenvalue weighted by Gasteiger charge is 2.23. The third kappa shape index (κ3) is 4.93. The second kappa shape index (κ2) is 8.11. The first-order valence-electron chi connectivity index (χ1n) is 7.25. The van der Waals surface area contributed by atoms with Gasteiger partial charge < -0.3 is 14.8 Å². The molecule has 1 rings (SSSR count). The summed E-state index contributed by atoms with van der Waals surface area (Å²) in [5, 5.41) is 2.62. The Hall–Kier alpha value is -2.13. The van der Waals surface area contributed by atoms with Crippen molar-refractivity contribution in [1.29, 1.82) is 0 Å². The molecule has 0 aliphatic rings. The highest BCUT2D eigenvalue weighted by molar-refractivity contribution is 7.89. The standard InChI is InChI=1S/C15H22N2O6S/c1-9(2)17-14(18)10(3)23-15(19)11-6-7-12(22-5)13(8-11)24(20,21)16-4/h6-10,16H,1-5H3,(H,17,18)/t10-/m0/s1. The van der Waals surface area contributed by atoms with Crippen molar-refractivity contribution < 1.29 is 27.5 Å². The van der Waals surface area contributed by atoms with Crippen LogP contribution in [0.3, 0.4) is 0 Å². The van der Waals surface area contributed by atoms with E-state index in [2.05, 4.69) is 10.0 Å². The molecular weight excluding hydrogens is 336 g/mol. The zero-order chi connectivity index (χ0) is 18.5. The summed E-state index contributed by atoms with van der Waals surface area (Å²) in [5.41, 5.74) is -0.00572. The lowest BCUT2D eigenvalue weighted by molar-refractivity contribution is -0.129. The molecule has 0 unspecified atom stereocenters. The predicted octanol–water partition coefficient (Wildman–Crippen LogP) is 0.673. The van der Waals surface area contributed by atoms with E-state index in [-0.39, 0.29) is 22.3 Å². The zero-order valence-corrected chi connectivity index (χ0v) is 15.1. The van der Waals surface area contributed by atoms with Crippen LogP contribution >= 0.6 is 0 Å². The van der Waals surface area contributed by atoms with Gasteiger partial charge in [-0.15, -0.1) is 0 Å². The van der Waals surface area contributed by atoms with E-state index in [4.69, 9.17) is 9.47 Å². The Balaban J connectivity index is 3.04. The van der Waals surface area contributed by atoms with Crippen molar-refractivity contribution >= 4 is 21.9 Å². The number of rotatable bonds is 7. The highest BCUT2D eigenvalue weighted by atomic mass is 32.2. The van der Waals surface area contributed by atoms with Crippen LogP contribution in [0, 0.1) is 0 Å². The number of sulfonamides is 1. The smallest absolute Gasteiger partial charge is 0.338 e. The van der Waals surface area contributed by atoms with Gasteiger partial charge in [-0.25, -0.2) is 17.9 Å². The van der Waals surface area contributed by atoms with E-state index in [0.717, 1.165) is 6.07 Å². The Kier molecular flexibility index (Phi) is 6.73. The number of amides is 1. The lowest BCUT2D eigenvalue weighted by atomic mass is 10.2. The van der Waals surface area contributed by atoms with Crippen molar-refractivity contribution in [2.45, 2.75) is 37.8 Å². The first-order chi connectivity index (χ1) is 11.1. The van der Waals surface area contributed by atoms with Crippen molar-refractivity contribution in [1.82, 2.24) is 10.0 Å². The van der Waals surface area contributed by atoms with Gasteiger partial charge in [0.2, 0.25) is 10.0 Å². The van der Waals surface area contributed by atoms with Crippen LogP contribution in [0.25, 0.3) is 0 Å². The predicted molar refractivity (Wildman–Crippen MR) is 87.4 cm³/mol. The minimum Gasteiger partial charge on any atom is -0.495 e. The molecule has 1 atom stereocenters. The van der Waals surface area contributed by atoms with Crippen molar-refractivity contribution in [3.63, 3.8) is 0 Å². The van der Waals surface area contributed by atoms with E-state index >= 15 is 0 Å². The lowest BCUT2D eigenvalue weighted by Crippen LogP contribution is -2.39. The van der Waals surface area contributed by atoms with Crippen LogP contribution in [0.1, 0.15) is 31.1 Å². The Morgan fingerprint density at radius 3 is 2.29 bits per heavy atom. The van der Waals surface area contributed by atoms with Crippen molar-refractivity contribution in [2.75, 3.05) is 14.2 Å². The molecule has 0 aliphatic heterocycles.